The highest BCUT2D eigenvalue weighted by atomic mass is 79.9. The summed E-state index contributed by atoms with van der Waals surface area (Å²) in [7, 11) is 0. The molecule has 1 N–H and O–H groups in total. The highest BCUT2D eigenvalue weighted by Gasteiger charge is 2.07. The molecule has 0 aliphatic rings. The number of nitro groups is 1. The fourth-order valence-corrected chi connectivity index (χ4v) is 2.41. The molecule has 2 aromatic rings. The SMILES string of the molecule is C=CCOc1ccc(Br)cc1/C=N\NC(=O)Cc1ccc([N+](=O)[O-])cc1. The Labute approximate surface area is 158 Å². The molecule has 7 nitrogen and oxygen atoms in total. The number of hydrogen-bond acceptors (Lipinski definition) is 5. The fourth-order valence-electron chi connectivity index (χ4n) is 2.03. The van der Waals surface area contributed by atoms with Gasteiger partial charge in [-0.1, -0.05) is 40.7 Å². The lowest BCUT2D eigenvalue weighted by Crippen LogP contribution is -2.19. The summed E-state index contributed by atoms with van der Waals surface area (Å²) in [5.41, 5.74) is 3.75. The molecule has 0 spiro atoms. The minimum atomic E-state index is -0.488. The van der Waals surface area contributed by atoms with Gasteiger partial charge >= 0.3 is 0 Å². The standard InChI is InChI=1S/C18H16BrN3O4/c1-2-9-26-17-8-5-15(19)11-14(17)12-20-21-18(23)10-13-3-6-16(7-4-13)22(24)25/h2-8,11-12H,1,9-10H2,(H,21,23)/b20-12-. The zero-order valence-electron chi connectivity index (χ0n) is 13.7. The van der Waals surface area contributed by atoms with E-state index in [1.807, 2.05) is 12.1 Å². The number of rotatable bonds is 8. The number of halogens is 1. The van der Waals surface area contributed by atoms with Gasteiger partial charge in [-0.05, 0) is 23.8 Å². The summed E-state index contributed by atoms with van der Waals surface area (Å²) in [5, 5.41) is 14.5. The van der Waals surface area contributed by atoms with E-state index in [0.717, 1.165) is 4.47 Å². The van der Waals surface area contributed by atoms with Crippen molar-refractivity contribution in [1.82, 2.24) is 5.43 Å². The summed E-state index contributed by atoms with van der Waals surface area (Å²) in [6.07, 6.45) is 3.18. The van der Waals surface area contributed by atoms with Crippen LogP contribution < -0.4 is 10.2 Å². The zero-order valence-corrected chi connectivity index (χ0v) is 15.3. The predicted molar refractivity (Wildman–Crippen MR) is 102 cm³/mol. The van der Waals surface area contributed by atoms with Crippen LogP contribution in [0.25, 0.3) is 0 Å². The number of benzene rings is 2. The average Bonchev–Trinajstić information content (AvgIpc) is 2.61. The molecule has 134 valence electrons. The number of amides is 1. The predicted octanol–water partition coefficient (Wildman–Crippen LogP) is 3.61. The van der Waals surface area contributed by atoms with Crippen LogP contribution in [0.4, 0.5) is 5.69 Å². The van der Waals surface area contributed by atoms with Crippen molar-refractivity contribution in [2.24, 2.45) is 5.10 Å². The summed E-state index contributed by atoms with van der Waals surface area (Å²) in [6, 6.07) is 11.2. The van der Waals surface area contributed by atoms with E-state index in [1.54, 1.807) is 12.1 Å². The lowest BCUT2D eigenvalue weighted by atomic mass is 10.1. The van der Waals surface area contributed by atoms with Crippen LogP contribution in [-0.2, 0) is 11.2 Å². The van der Waals surface area contributed by atoms with Crippen molar-refractivity contribution in [3.05, 3.63) is 80.8 Å². The molecular weight excluding hydrogens is 402 g/mol. The van der Waals surface area contributed by atoms with E-state index in [4.69, 9.17) is 4.74 Å². The van der Waals surface area contributed by atoms with E-state index < -0.39 is 4.92 Å². The van der Waals surface area contributed by atoms with Gasteiger partial charge in [0.2, 0.25) is 5.91 Å². The Morgan fingerprint density at radius 2 is 2.04 bits per heavy atom. The Balaban J connectivity index is 1.97. The number of nitro benzene ring substituents is 1. The van der Waals surface area contributed by atoms with Gasteiger partial charge in [-0.2, -0.15) is 5.10 Å². The molecule has 0 saturated carbocycles. The van der Waals surface area contributed by atoms with Crippen molar-refractivity contribution < 1.29 is 14.5 Å². The molecule has 0 bridgehead atoms. The van der Waals surface area contributed by atoms with Gasteiger partial charge in [0.1, 0.15) is 12.4 Å². The van der Waals surface area contributed by atoms with Gasteiger partial charge in [-0.25, -0.2) is 5.43 Å². The van der Waals surface area contributed by atoms with Crippen LogP contribution in [0.1, 0.15) is 11.1 Å². The first-order valence-electron chi connectivity index (χ1n) is 7.58. The van der Waals surface area contributed by atoms with Crippen LogP contribution >= 0.6 is 15.9 Å². The topological polar surface area (TPSA) is 93.8 Å². The molecule has 1 amide bonds. The van der Waals surface area contributed by atoms with E-state index in [2.05, 4.69) is 33.0 Å². The van der Waals surface area contributed by atoms with E-state index in [-0.39, 0.29) is 18.0 Å². The third-order valence-corrected chi connectivity index (χ3v) is 3.73. The molecule has 0 atom stereocenters. The fraction of sp³-hybridized carbons (Fsp3) is 0.111. The zero-order chi connectivity index (χ0) is 18.9. The molecule has 2 aromatic carbocycles. The third kappa shape index (κ3) is 5.82. The van der Waals surface area contributed by atoms with E-state index in [9.17, 15) is 14.9 Å². The molecular formula is C18H16BrN3O4. The van der Waals surface area contributed by atoms with Crippen LogP contribution in [0.2, 0.25) is 0 Å². The lowest BCUT2D eigenvalue weighted by Gasteiger charge is -2.07. The van der Waals surface area contributed by atoms with Crippen LogP contribution in [0.3, 0.4) is 0 Å². The number of ether oxygens (including phenoxy) is 1. The largest absolute Gasteiger partial charge is 0.489 e. The molecule has 26 heavy (non-hydrogen) atoms. The molecule has 8 heteroatoms. The summed E-state index contributed by atoms with van der Waals surface area (Å²) >= 11 is 3.37. The Bertz CT molecular complexity index is 835. The number of nitrogens with one attached hydrogen (secondary N) is 1. The smallest absolute Gasteiger partial charge is 0.269 e. The van der Waals surface area contributed by atoms with Gasteiger partial charge < -0.3 is 4.74 Å². The molecule has 0 unspecified atom stereocenters. The van der Waals surface area contributed by atoms with Crippen molar-refractivity contribution in [1.29, 1.82) is 0 Å². The van der Waals surface area contributed by atoms with Crippen molar-refractivity contribution in [3.8, 4) is 5.75 Å². The minimum Gasteiger partial charge on any atom is -0.489 e. The molecule has 0 saturated heterocycles. The lowest BCUT2D eigenvalue weighted by molar-refractivity contribution is -0.384. The molecule has 0 aliphatic carbocycles. The van der Waals surface area contributed by atoms with E-state index in [1.165, 1.54) is 30.5 Å². The highest BCUT2D eigenvalue weighted by Crippen LogP contribution is 2.21. The second-order valence-corrected chi connectivity index (χ2v) is 6.09. The van der Waals surface area contributed by atoms with Gasteiger partial charge in [-0.15, -0.1) is 0 Å². The maximum Gasteiger partial charge on any atom is 0.269 e. The van der Waals surface area contributed by atoms with Gasteiger partial charge in [0.25, 0.3) is 5.69 Å². The van der Waals surface area contributed by atoms with Gasteiger partial charge in [-0.3, -0.25) is 14.9 Å². The molecule has 0 fully saturated rings. The summed E-state index contributed by atoms with van der Waals surface area (Å²) in [5.74, 6) is 0.278. The van der Waals surface area contributed by atoms with Crippen LogP contribution in [0, 0.1) is 10.1 Å². The number of nitrogens with zero attached hydrogens (tertiary/aromatic N) is 2. The molecule has 2 rings (SSSR count). The first-order valence-corrected chi connectivity index (χ1v) is 8.37. The van der Waals surface area contributed by atoms with Crippen molar-refractivity contribution in [2.75, 3.05) is 6.61 Å². The van der Waals surface area contributed by atoms with Crippen LogP contribution in [0.5, 0.6) is 5.75 Å². The normalized spacial score (nSPS) is 10.5. The molecule has 0 aromatic heterocycles. The average molecular weight is 418 g/mol. The molecule has 0 radical (unpaired) electrons. The Hall–Kier alpha value is -3.00. The van der Waals surface area contributed by atoms with Crippen LogP contribution in [0.15, 0.2) is 64.7 Å². The summed E-state index contributed by atoms with van der Waals surface area (Å²) < 4.78 is 6.38. The second kappa shape index (κ2) is 9.47. The van der Waals surface area contributed by atoms with Crippen molar-refractivity contribution in [3.63, 3.8) is 0 Å². The monoisotopic (exact) mass is 417 g/mol. The van der Waals surface area contributed by atoms with Crippen molar-refractivity contribution in [2.45, 2.75) is 6.42 Å². The number of hydrogen-bond donors (Lipinski definition) is 1. The maximum atomic E-state index is 11.9. The first kappa shape index (κ1) is 19.3. The number of hydrazone groups is 1. The second-order valence-electron chi connectivity index (χ2n) is 5.18. The number of carbonyl (C=O) groups is 1. The Morgan fingerprint density at radius 1 is 1.31 bits per heavy atom. The summed E-state index contributed by atoms with van der Waals surface area (Å²) in [6.45, 7) is 3.96. The van der Waals surface area contributed by atoms with E-state index >= 15 is 0 Å². The molecule has 0 aliphatic heterocycles. The molecule has 0 heterocycles. The van der Waals surface area contributed by atoms with Crippen LogP contribution in [-0.4, -0.2) is 23.7 Å². The van der Waals surface area contributed by atoms with Crippen molar-refractivity contribution >= 4 is 33.7 Å². The highest BCUT2D eigenvalue weighted by molar-refractivity contribution is 9.10. The minimum absolute atomic E-state index is 0.0195. The first-order chi connectivity index (χ1) is 12.5. The van der Waals surface area contributed by atoms with Gasteiger partial charge in [0.05, 0.1) is 17.6 Å². The summed E-state index contributed by atoms with van der Waals surface area (Å²) in [4.78, 5) is 22.1. The number of non-ortho nitro benzene ring substituents is 1. The van der Waals surface area contributed by atoms with Gasteiger partial charge in [0.15, 0.2) is 0 Å². The third-order valence-electron chi connectivity index (χ3n) is 3.23. The quantitative estimate of drug-likeness (QED) is 0.307. The maximum absolute atomic E-state index is 11.9. The van der Waals surface area contributed by atoms with Gasteiger partial charge in [0, 0.05) is 22.2 Å². The Morgan fingerprint density at radius 3 is 2.69 bits per heavy atom. The van der Waals surface area contributed by atoms with E-state index in [0.29, 0.717) is 23.5 Å². The Kier molecular flexibility index (Phi) is 7.04. The number of carbonyl (C=O) groups excluding carboxylic acids is 1.